The minimum atomic E-state index is -3.85. The summed E-state index contributed by atoms with van der Waals surface area (Å²) in [6.45, 7) is 4.81. The Labute approximate surface area is 201 Å². The number of benzene rings is 2. The van der Waals surface area contributed by atoms with Gasteiger partial charge in [-0.25, -0.2) is 21.6 Å². The molecule has 0 spiro atoms. The van der Waals surface area contributed by atoms with E-state index >= 15 is 0 Å². The number of sulfonamides is 2. The van der Waals surface area contributed by atoms with Gasteiger partial charge in [-0.1, -0.05) is 12.1 Å². The van der Waals surface area contributed by atoms with Crippen molar-refractivity contribution < 1.29 is 26.4 Å². The van der Waals surface area contributed by atoms with Crippen LogP contribution in [0.2, 0.25) is 0 Å². The molecule has 2 N–H and O–H groups in total. The summed E-state index contributed by atoms with van der Waals surface area (Å²) >= 11 is 0. The molecule has 11 heteroatoms. The Hall–Kier alpha value is -2.47. The molecule has 0 aliphatic carbocycles. The molecule has 1 aliphatic heterocycles. The summed E-state index contributed by atoms with van der Waals surface area (Å²) in [6, 6.07) is 10.6. The van der Waals surface area contributed by atoms with Crippen molar-refractivity contribution in [3.05, 3.63) is 53.6 Å². The minimum absolute atomic E-state index is 0.105. The molecule has 9 nitrogen and oxygen atoms in total. The van der Waals surface area contributed by atoms with Crippen LogP contribution >= 0.6 is 0 Å². The molecule has 1 fully saturated rings. The number of nitrogens with zero attached hydrogens (tertiary/aromatic N) is 1. The predicted molar refractivity (Wildman–Crippen MR) is 129 cm³/mol. The number of rotatable bonds is 10. The maximum absolute atomic E-state index is 12.6. The molecular weight excluding hydrogens is 478 g/mol. The Kier molecular flexibility index (Phi) is 8.34. The first kappa shape index (κ1) is 26.1. The number of hydrogen-bond donors (Lipinski definition) is 2. The monoisotopic (exact) mass is 509 g/mol. The van der Waals surface area contributed by atoms with Crippen molar-refractivity contribution in [3.8, 4) is 5.75 Å². The Morgan fingerprint density at radius 3 is 2.26 bits per heavy atom. The number of methoxy groups -OCH3 is 1. The zero-order chi connectivity index (χ0) is 24.9. The van der Waals surface area contributed by atoms with Crippen molar-refractivity contribution in [2.75, 3.05) is 26.7 Å². The largest absolute Gasteiger partial charge is 0.495 e. The van der Waals surface area contributed by atoms with E-state index in [2.05, 4.69) is 10.0 Å². The van der Waals surface area contributed by atoms with Crippen LogP contribution < -0.4 is 14.8 Å². The highest BCUT2D eigenvalue weighted by molar-refractivity contribution is 7.89. The SMILES string of the molecule is COc1ccc(C(=O)NCCc2ccc(S(=O)(=O)N3CCCC3)cc2)cc1S(=O)(=O)NC(C)C. The Morgan fingerprint density at radius 2 is 1.68 bits per heavy atom. The molecule has 0 saturated carbocycles. The number of carbonyl (C=O) groups is 1. The third-order valence-electron chi connectivity index (χ3n) is 5.43. The summed E-state index contributed by atoms with van der Waals surface area (Å²) in [5, 5.41) is 2.77. The van der Waals surface area contributed by atoms with Gasteiger partial charge in [-0.3, -0.25) is 4.79 Å². The smallest absolute Gasteiger partial charge is 0.251 e. The predicted octanol–water partition coefficient (Wildman–Crippen LogP) is 2.14. The molecule has 3 rings (SSSR count). The molecule has 0 bridgehead atoms. The number of nitrogens with one attached hydrogen (secondary N) is 2. The molecule has 1 heterocycles. The zero-order valence-corrected chi connectivity index (χ0v) is 21.2. The highest BCUT2D eigenvalue weighted by atomic mass is 32.2. The lowest BCUT2D eigenvalue weighted by atomic mass is 10.1. The second-order valence-corrected chi connectivity index (χ2v) is 12.0. The highest BCUT2D eigenvalue weighted by Gasteiger charge is 2.27. The van der Waals surface area contributed by atoms with Gasteiger partial charge in [0.05, 0.1) is 12.0 Å². The van der Waals surface area contributed by atoms with Gasteiger partial charge in [0.15, 0.2) is 0 Å². The molecule has 1 aliphatic rings. The molecule has 34 heavy (non-hydrogen) atoms. The van der Waals surface area contributed by atoms with Crippen molar-refractivity contribution >= 4 is 26.0 Å². The fourth-order valence-corrected chi connectivity index (χ4v) is 6.69. The third kappa shape index (κ3) is 6.15. The third-order valence-corrected chi connectivity index (χ3v) is 9.02. The molecule has 0 radical (unpaired) electrons. The molecular formula is C23H31N3O6S2. The first-order valence-corrected chi connectivity index (χ1v) is 14.0. The normalized spacial score (nSPS) is 14.9. The first-order valence-electron chi connectivity index (χ1n) is 11.1. The average molecular weight is 510 g/mol. The van der Waals surface area contributed by atoms with E-state index in [1.54, 1.807) is 38.1 Å². The van der Waals surface area contributed by atoms with Gasteiger partial charge in [-0.05, 0) is 69.0 Å². The van der Waals surface area contributed by atoms with Gasteiger partial charge in [0.25, 0.3) is 5.91 Å². The molecule has 0 atom stereocenters. The van der Waals surface area contributed by atoms with Crippen LogP contribution in [0.25, 0.3) is 0 Å². The van der Waals surface area contributed by atoms with Gasteiger partial charge in [-0.15, -0.1) is 0 Å². The molecule has 1 saturated heterocycles. The highest BCUT2D eigenvalue weighted by Crippen LogP contribution is 2.25. The Bertz CT molecular complexity index is 1220. The summed E-state index contributed by atoms with van der Waals surface area (Å²) < 4.78 is 59.6. The maximum Gasteiger partial charge on any atom is 0.251 e. The minimum Gasteiger partial charge on any atom is -0.495 e. The standard InChI is InChI=1S/C23H31N3O6S2/c1-17(2)25-33(28,29)22-16-19(8-11-21(22)32-3)23(27)24-13-12-18-6-9-20(10-7-18)34(30,31)26-14-4-5-15-26/h6-11,16-17,25H,4-5,12-15H2,1-3H3,(H,24,27). The molecule has 2 aromatic carbocycles. The van der Waals surface area contributed by atoms with E-state index in [4.69, 9.17) is 4.74 Å². The van der Waals surface area contributed by atoms with Crippen LogP contribution in [0.4, 0.5) is 0 Å². The topological polar surface area (TPSA) is 122 Å². The van der Waals surface area contributed by atoms with E-state index in [1.165, 1.54) is 29.6 Å². The summed E-state index contributed by atoms with van der Waals surface area (Å²) in [5.74, 6) is -0.273. The number of carbonyl (C=O) groups excluding carboxylic acids is 1. The van der Waals surface area contributed by atoms with E-state index in [9.17, 15) is 21.6 Å². The molecule has 186 valence electrons. The lowest BCUT2D eigenvalue weighted by Gasteiger charge is -2.15. The van der Waals surface area contributed by atoms with Gasteiger partial charge < -0.3 is 10.1 Å². The quantitative estimate of drug-likeness (QED) is 0.506. The van der Waals surface area contributed by atoms with Crippen molar-refractivity contribution in [1.29, 1.82) is 0 Å². The van der Waals surface area contributed by atoms with E-state index < -0.39 is 26.0 Å². The van der Waals surface area contributed by atoms with Gasteiger partial charge in [-0.2, -0.15) is 4.31 Å². The van der Waals surface area contributed by atoms with Crippen molar-refractivity contribution in [3.63, 3.8) is 0 Å². The average Bonchev–Trinajstić information content (AvgIpc) is 3.34. The van der Waals surface area contributed by atoms with E-state index in [1.807, 2.05) is 0 Å². The summed E-state index contributed by atoms with van der Waals surface area (Å²) in [5.41, 5.74) is 1.07. The molecule has 0 aromatic heterocycles. The summed E-state index contributed by atoms with van der Waals surface area (Å²) in [6.07, 6.45) is 2.26. The van der Waals surface area contributed by atoms with E-state index in [0.29, 0.717) is 26.1 Å². The fraction of sp³-hybridized carbons (Fsp3) is 0.435. The molecule has 1 amide bonds. The summed E-state index contributed by atoms with van der Waals surface area (Å²) in [4.78, 5) is 12.8. The van der Waals surface area contributed by atoms with Crippen LogP contribution in [0.1, 0.15) is 42.6 Å². The second-order valence-electron chi connectivity index (χ2n) is 8.40. The lowest BCUT2D eigenvalue weighted by Crippen LogP contribution is -2.31. The maximum atomic E-state index is 12.6. The van der Waals surface area contributed by atoms with Crippen LogP contribution in [0, 0.1) is 0 Å². The van der Waals surface area contributed by atoms with Crippen molar-refractivity contribution in [2.45, 2.75) is 48.9 Å². The van der Waals surface area contributed by atoms with E-state index in [-0.39, 0.29) is 27.1 Å². The van der Waals surface area contributed by atoms with Crippen molar-refractivity contribution in [2.24, 2.45) is 0 Å². The molecule has 2 aromatic rings. The molecule has 0 unspecified atom stereocenters. The van der Waals surface area contributed by atoms with Crippen LogP contribution in [0.15, 0.2) is 52.3 Å². The van der Waals surface area contributed by atoms with Crippen LogP contribution in [-0.4, -0.2) is 59.8 Å². The second kappa shape index (κ2) is 10.9. The van der Waals surface area contributed by atoms with Gasteiger partial charge in [0.1, 0.15) is 10.6 Å². The van der Waals surface area contributed by atoms with Crippen LogP contribution in [0.5, 0.6) is 5.75 Å². The Morgan fingerprint density at radius 1 is 1.03 bits per heavy atom. The van der Waals surface area contributed by atoms with Crippen LogP contribution in [0.3, 0.4) is 0 Å². The fourth-order valence-electron chi connectivity index (χ4n) is 3.73. The van der Waals surface area contributed by atoms with Crippen LogP contribution in [-0.2, 0) is 26.5 Å². The van der Waals surface area contributed by atoms with Gasteiger partial charge in [0.2, 0.25) is 20.0 Å². The van der Waals surface area contributed by atoms with E-state index in [0.717, 1.165) is 18.4 Å². The summed E-state index contributed by atoms with van der Waals surface area (Å²) in [7, 11) is -5.94. The number of amides is 1. The Balaban J connectivity index is 1.63. The lowest BCUT2D eigenvalue weighted by molar-refractivity contribution is 0.0954. The number of hydrogen-bond acceptors (Lipinski definition) is 6. The zero-order valence-electron chi connectivity index (χ0n) is 19.6. The number of ether oxygens (including phenoxy) is 1. The van der Waals surface area contributed by atoms with Gasteiger partial charge >= 0.3 is 0 Å². The van der Waals surface area contributed by atoms with Crippen molar-refractivity contribution in [1.82, 2.24) is 14.3 Å². The first-order chi connectivity index (χ1) is 16.0. The van der Waals surface area contributed by atoms with Gasteiger partial charge in [0, 0.05) is 31.2 Å².